The second-order valence-corrected chi connectivity index (χ2v) is 9.45. The molecule has 4 nitrogen and oxygen atoms in total. The summed E-state index contributed by atoms with van der Waals surface area (Å²) in [4.78, 5) is 10.3. The second-order valence-electron chi connectivity index (χ2n) is 9.45. The highest BCUT2D eigenvalue weighted by Gasteiger charge is 2.18. The van der Waals surface area contributed by atoms with E-state index in [1.54, 1.807) is 0 Å². The Labute approximate surface area is 218 Å². The largest absolute Gasteiger partial charge is 0.455 e. The minimum Gasteiger partial charge on any atom is -0.455 e. The van der Waals surface area contributed by atoms with Crippen LogP contribution in [0.1, 0.15) is 0 Å². The van der Waals surface area contributed by atoms with E-state index in [1.165, 1.54) is 10.8 Å². The summed E-state index contributed by atoms with van der Waals surface area (Å²) >= 11 is 0. The van der Waals surface area contributed by atoms with Crippen LogP contribution in [0.4, 0.5) is 0 Å². The molecule has 3 heterocycles. The van der Waals surface area contributed by atoms with Gasteiger partial charge in [0.1, 0.15) is 11.2 Å². The lowest BCUT2D eigenvalue weighted by Gasteiger charge is -2.12. The van der Waals surface area contributed by atoms with E-state index in [9.17, 15) is 0 Å². The van der Waals surface area contributed by atoms with Crippen molar-refractivity contribution in [1.29, 1.82) is 0 Å². The third-order valence-electron chi connectivity index (χ3n) is 7.24. The first-order valence-electron chi connectivity index (χ1n) is 12.7. The summed E-state index contributed by atoms with van der Waals surface area (Å²) in [5, 5.41) is 4.54. The van der Waals surface area contributed by atoms with Crippen LogP contribution >= 0.6 is 0 Å². The maximum atomic E-state index is 6.39. The first-order chi connectivity index (χ1) is 18.8. The average molecular weight is 488 g/mol. The lowest BCUT2D eigenvalue weighted by molar-refractivity contribution is 0.670. The Morgan fingerprint density at radius 1 is 0.500 bits per heavy atom. The van der Waals surface area contributed by atoms with E-state index in [0.29, 0.717) is 5.95 Å². The molecule has 5 aromatic carbocycles. The van der Waals surface area contributed by atoms with Crippen LogP contribution in [-0.2, 0) is 0 Å². The predicted octanol–water partition coefficient (Wildman–Crippen LogP) is 8.81. The zero-order valence-electron chi connectivity index (χ0n) is 20.4. The Bertz CT molecular complexity index is 2080. The first-order valence-corrected chi connectivity index (χ1v) is 12.7. The molecule has 0 atom stereocenters. The predicted molar refractivity (Wildman–Crippen MR) is 155 cm³/mol. The number of fused-ring (bicyclic) bond motifs is 6. The number of para-hydroxylation sites is 4. The van der Waals surface area contributed by atoms with E-state index in [-0.39, 0.29) is 0 Å². The molecular weight excluding hydrogens is 466 g/mol. The highest BCUT2D eigenvalue weighted by Crippen LogP contribution is 2.37. The van der Waals surface area contributed by atoms with Crippen LogP contribution in [0.15, 0.2) is 132 Å². The average Bonchev–Trinajstić information content (AvgIpc) is 3.53. The zero-order valence-corrected chi connectivity index (χ0v) is 20.4. The molecule has 0 radical (unpaired) electrons. The number of hydrogen-bond donors (Lipinski definition) is 0. The van der Waals surface area contributed by atoms with Crippen molar-refractivity contribution in [3.05, 3.63) is 127 Å². The van der Waals surface area contributed by atoms with Gasteiger partial charge in [-0.3, -0.25) is 4.57 Å². The van der Waals surface area contributed by atoms with Gasteiger partial charge in [0.25, 0.3) is 0 Å². The summed E-state index contributed by atoms with van der Waals surface area (Å²) in [6.45, 7) is 0. The molecule has 3 aromatic heterocycles. The maximum Gasteiger partial charge on any atom is 0.235 e. The number of aromatic nitrogens is 3. The van der Waals surface area contributed by atoms with Crippen LogP contribution in [0.5, 0.6) is 0 Å². The molecule has 0 fully saturated rings. The summed E-state index contributed by atoms with van der Waals surface area (Å²) in [7, 11) is 0. The van der Waals surface area contributed by atoms with E-state index >= 15 is 0 Å². The van der Waals surface area contributed by atoms with Crippen molar-refractivity contribution in [3.63, 3.8) is 0 Å². The van der Waals surface area contributed by atoms with Gasteiger partial charge in [-0.15, -0.1) is 0 Å². The first kappa shape index (κ1) is 20.9. The van der Waals surface area contributed by atoms with Crippen LogP contribution in [0, 0.1) is 0 Å². The third-order valence-corrected chi connectivity index (χ3v) is 7.24. The number of furan rings is 1. The Morgan fingerprint density at radius 3 is 1.87 bits per heavy atom. The molecule has 178 valence electrons. The normalized spacial score (nSPS) is 11.7. The summed E-state index contributed by atoms with van der Waals surface area (Å²) in [6.07, 6.45) is 0. The number of hydrogen-bond acceptors (Lipinski definition) is 3. The molecule has 0 aliphatic rings. The smallest absolute Gasteiger partial charge is 0.235 e. The Morgan fingerprint density at radius 2 is 1.11 bits per heavy atom. The zero-order chi connectivity index (χ0) is 25.1. The highest BCUT2D eigenvalue weighted by atomic mass is 16.3. The molecular formula is C34H21N3O. The second kappa shape index (κ2) is 8.15. The topological polar surface area (TPSA) is 43.9 Å². The molecule has 0 saturated carbocycles. The summed E-state index contributed by atoms with van der Waals surface area (Å²) in [5.41, 5.74) is 7.52. The van der Waals surface area contributed by atoms with Gasteiger partial charge in [-0.05, 0) is 30.3 Å². The minimum absolute atomic E-state index is 0.631. The van der Waals surface area contributed by atoms with Crippen molar-refractivity contribution in [2.45, 2.75) is 0 Å². The fraction of sp³-hybridized carbons (Fsp3) is 0. The van der Waals surface area contributed by atoms with Gasteiger partial charge in [0.05, 0.1) is 22.4 Å². The molecule has 0 aliphatic carbocycles. The van der Waals surface area contributed by atoms with Gasteiger partial charge in [0.15, 0.2) is 0 Å². The number of nitrogens with zero attached hydrogens (tertiary/aromatic N) is 3. The summed E-state index contributed by atoms with van der Waals surface area (Å²) in [6, 6.07) is 43.6. The van der Waals surface area contributed by atoms with E-state index in [4.69, 9.17) is 14.4 Å². The minimum atomic E-state index is 0.631. The van der Waals surface area contributed by atoms with Gasteiger partial charge >= 0.3 is 0 Å². The molecule has 0 unspecified atom stereocenters. The number of rotatable bonds is 3. The molecule has 4 heteroatoms. The Kier molecular flexibility index (Phi) is 4.49. The van der Waals surface area contributed by atoms with Gasteiger partial charge < -0.3 is 4.42 Å². The SMILES string of the molecule is c1ccc(-c2cc(-c3cccc4c3oc3ccccc34)nc(-n3c4ccccc4c4ccccc43)n2)cc1. The van der Waals surface area contributed by atoms with Crippen molar-refractivity contribution < 1.29 is 4.42 Å². The van der Waals surface area contributed by atoms with Crippen molar-refractivity contribution in [2.24, 2.45) is 0 Å². The molecule has 0 N–H and O–H groups in total. The van der Waals surface area contributed by atoms with Gasteiger partial charge in [-0.2, -0.15) is 0 Å². The standard InChI is InChI=1S/C34H21N3O/c1-2-11-22(12-3-1)28-21-29(27-17-10-16-26-25-15-6-9-20-32(25)38-33(26)27)36-34(35-28)37-30-18-7-4-13-23(30)24-14-5-8-19-31(24)37/h1-21H. The van der Waals surface area contributed by atoms with E-state index in [0.717, 1.165) is 55.5 Å². The van der Waals surface area contributed by atoms with Crippen molar-refractivity contribution in [2.75, 3.05) is 0 Å². The summed E-state index contributed by atoms with van der Waals surface area (Å²) < 4.78 is 8.55. The molecule has 8 rings (SSSR count). The molecule has 0 saturated heterocycles. The third kappa shape index (κ3) is 3.10. The molecule has 0 spiro atoms. The van der Waals surface area contributed by atoms with Crippen LogP contribution in [-0.4, -0.2) is 14.5 Å². The molecule has 8 aromatic rings. The number of benzene rings is 5. The Balaban J connectivity index is 1.47. The van der Waals surface area contributed by atoms with Gasteiger partial charge in [-0.1, -0.05) is 97.1 Å². The van der Waals surface area contributed by atoms with E-state index in [1.807, 2.05) is 36.4 Å². The van der Waals surface area contributed by atoms with Crippen LogP contribution < -0.4 is 0 Å². The van der Waals surface area contributed by atoms with Gasteiger partial charge in [-0.25, -0.2) is 9.97 Å². The molecule has 0 aliphatic heterocycles. The van der Waals surface area contributed by atoms with E-state index in [2.05, 4.69) is 95.6 Å². The van der Waals surface area contributed by atoms with Gasteiger partial charge in [0.2, 0.25) is 5.95 Å². The summed E-state index contributed by atoms with van der Waals surface area (Å²) in [5.74, 6) is 0.631. The fourth-order valence-corrected chi connectivity index (χ4v) is 5.52. The highest BCUT2D eigenvalue weighted by molar-refractivity contribution is 6.10. The van der Waals surface area contributed by atoms with Crippen molar-refractivity contribution in [3.8, 4) is 28.5 Å². The van der Waals surface area contributed by atoms with Crippen LogP contribution in [0.3, 0.4) is 0 Å². The van der Waals surface area contributed by atoms with Crippen LogP contribution in [0.2, 0.25) is 0 Å². The van der Waals surface area contributed by atoms with Gasteiger partial charge in [0, 0.05) is 32.7 Å². The quantitative estimate of drug-likeness (QED) is 0.250. The maximum absolute atomic E-state index is 6.39. The van der Waals surface area contributed by atoms with E-state index < -0.39 is 0 Å². The monoisotopic (exact) mass is 487 g/mol. The lowest BCUT2D eigenvalue weighted by atomic mass is 10.0. The van der Waals surface area contributed by atoms with Crippen LogP contribution in [0.25, 0.3) is 72.2 Å². The molecule has 38 heavy (non-hydrogen) atoms. The molecule has 0 bridgehead atoms. The van der Waals surface area contributed by atoms with Crippen molar-refractivity contribution >= 4 is 43.7 Å². The fourth-order valence-electron chi connectivity index (χ4n) is 5.52. The molecule has 0 amide bonds. The Hall–Kier alpha value is -5.22. The van der Waals surface area contributed by atoms with Crippen molar-refractivity contribution in [1.82, 2.24) is 14.5 Å². The lowest BCUT2D eigenvalue weighted by Crippen LogP contribution is -2.04.